The molecule has 0 aromatic carbocycles. The molecule has 0 amide bonds. The Morgan fingerprint density at radius 1 is 1.60 bits per heavy atom. The Morgan fingerprint density at radius 2 is 2.40 bits per heavy atom. The van der Waals surface area contributed by atoms with Gasteiger partial charge in [-0.3, -0.25) is 0 Å². The molecule has 0 spiro atoms. The third kappa shape index (κ3) is 3.34. The molecule has 1 saturated carbocycles. The molecule has 84 valence electrons. The van der Waals surface area contributed by atoms with Crippen LogP contribution in [0.3, 0.4) is 0 Å². The second-order valence-corrected chi connectivity index (χ2v) is 4.59. The van der Waals surface area contributed by atoms with Gasteiger partial charge >= 0.3 is 0 Å². The van der Waals surface area contributed by atoms with Crippen LogP contribution in [-0.2, 0) is 13.0 Å². The van der Waals surface area contributed by atoms with Gasteiger partial charge in [0.15, 0.2) is 0 Å². The molecule has 0 saturated heterocycles. The fourth-order valence-corrected chi connectivity index (χ4v) is 1.53. The van der Waals surface area contributed by atoms with Crippen molar-refractivity contribution in [2.75, 3.05) is 0 Å². The Bertz CT molecular complexity index is 304. The van der Waals surface area contributed by atoms with E-state index in [4.69, 9.17) is 4.42 Å². The van der Waals surface area contributed by atoms with E-state index in [0.29, 0.717) is 5.92 Å². The molecular formula is C12H20N2O. The van der Waals surface area contributed by atoms with Crippen molar-refractivity contribution in [2.45, 2.75) is 52.1 Å². The van der Waals surface area contributed by atoms with Crippen molar-refractivity contribution in [3.63, 3.8) is 0 Å². The lowest BCUT2D eigenvalue weighted by Crippen LogP contribution is -2.15. The van der Waals surface area contributed by atoms with Crippen LogP contribution in [-0.4, -0.2) is 11.0 Å². The van der Waals surface area contributed by atoms with E-state index in [1.54, 1.807) is 0 Å². The summed E-state index contributed by atoms with van der Waals surface area (Å²) in [6.45, 7) is 5.23. The Morgan fingerprint density at radius 3 is 3.07 bits per heavy atom. The van der Waals surface area contributed by atoms with E-state index in [9.17, 15) is 0 Å². The highest BCUT2D eigenvalue weighted by Gasteiger charge is 2.20. The zero-order valence-electron chi connectivity index (χ0n) is 9.62. The average Bonchev–Trinajstić information content (AvgIpc) is 2.97. The number of rotatable bonds is 6. The Labute approximate surface area is 91.3 Å². The number of hydrogen-bond acceptors (Lipinski definition) is 3. The molecule has 3 heteroatoms. The van der Waals surface area contributed by atoms with Gasteiger partial charge in [-0.15, -0.1) is 0 Å². The third-order valence-corrected chi connectivity index (χ3v) is 2.97. The van der Waals surface area contributed by atoms with Crippen molar-refractivity contribution in [3.8, 4) is 0 Å². The van der Waals surface area contributed by atoms with Gasteiger partial charge in [-0.2, -0.15) is 0 Å². The molecule has 1 aromatic heterocycles. The molecule has 0 bridgehead atoms. The highest BCUT2D eigenvalue weighted by molar-refractivity contribution is 4.96. The first-order valence-corrected chi connectivity index (χ1v) is 5.95. The summed E-state index contributed by atoms with van der Waals surface area (Å²) >= 11 is 0. The van der Waals surface area contributed by atoms with Crippen molar-refractivity contribution in [1.29, 1.82) is 0 Å². The van der Waals surface area contributed by atoms with Crippen LogP contribution in [0.5, 0.6) is 0 Å². The molecule has 15 heavy (non-hydrogen) atoms. The van der Waals surface area contributed by atoms with Gasteiger partial charge in [0, 0.05) is 12.5 Å². The van der Waals surface area contributed by atoms with Gasteiger partial charge in [0.1, 0.15) is 5.76 Å². The lowest BCUT2D eigenvalue weighted by atomic mass is 10.0. The normalized spacial score (nSPS) is 18.0. The molecule has 3 nitrogen and oxygen atoms in total. The van der Waals surface area contributed by atoms with Gasteiger partial charge in [0.25, 0.3) is 0 Å². The molecular weight excluding hydrogens is 188 g/mol. The molecule has 1 aliphatic rings. The van der Waals surface area contributed by atoms with E-state index < -0.39 is 0 Å². The molecule has 1 aliphatic carbocycles. The topological polar surface area (TPSA) is 38.1 Å². The van der Waals surface area contributed by atoms with Crippen molar-refractivity contribution < 1.29 is 4.42 Å². The van der Waals surface area contributed by atoms with Gasteiger partial charge in [-0.1, -0.05) is 20.3 Å². The van der Waals surface area contributed by atoms with E-state index in [0.717, 1.165) is 30.7 Å². The molecule has 1 atom stereocenters. The van der Waals surface area contributed by atoms with Gasteiger partial charge < -0.3 is 9.73 Å². The lowest BCUT2D eigenvalue weighted by molar-refractivity contribution is 0.407. The van der Waals surface area contributed by atoms with E-state index in [2.05, 4.69) is 24.1 Å². The van der Waals surface area contributed by atoms with Crippen molar-refractivity contribution in [2.24, 2.45) is 5.92 Å². The standard InChI is InChI=1S/C12H20N2O/c1-3-9(2)6-11-7-14-12(15-11)8-13-10-4-5-10/h7,9-10,13H,3-6,8H2,1-2H3. The Hall–Kier alpha value is -0.830. The van der Waals surface area contributed by atoms with Crippen LogP contribution in [0.2, 0.25) is 0 Å². The van der Waals surface area contributed by atoms with Crippen LogP contribution in [0.25, 0.3) is 0 Å². The van der Waals surface area contributed by atoms with E-state index >= 15 is 0 Å². The van der Waals surface area contributed by atoms with Gasteiger partial charge in [-0.05, 0) is 18.8 Å². The summed E-state index contributed by atoms with van der Waals surface area (Å²) in [6, 6.07) is 0.718. The molecule has 1 heterocycles. The molecule has 1 aromatic rings. The van der Waals surface area contributed by atoms with Crippen molar-refractivity contribution in [1.82, 2.24) is 10.3 Å². The lowest BCUT2D eigenvalue weighted by Gasteiger charge is -2.03. The summed E-state index contributed by atoms with van der Waals surface area (Å²) in [5.41, 5.74) is 0. The zero-order valence-corrected chi connectivity index (χ0v) is 9.62. The highest BCUT2D eigenvalue weighted by Crippen LogP contribution is 2.19. The third-order valence-electron chi connectivity index (χ3n) is 2.97. The zero-order chi connectivity index (χ0) is 10.7. The molecule has 0 radical (unpaired) electrons. The smallest absolute Gasteiger partial charge is 0.208 e. The van der Waals surface area contributed by atoms with E-state index in [-0.39, 0.29) is 0 Å². The fraction of sp³-hybridized carbons (Fsp3) is 0.750. The first-order valence-electron chi connectivity index (χ1n) is 5.95. The van der Waals surface area contributed by atoms with Crippen LogP contribution < -0.4 is 5.32 Å². The summed E-state index contributed by atoms with van der Waals surface area (Å²) < 4.78 is 5.66. The highest BCUT2D eigenvalue weighted by atomic mass is 16.4. The molecule has 2 rings (SSSR count). The van der Waals surface area contributed by atoms with Gasteiger partial charge in [0.05, 0.1) is 12.7 Å². The summed E-state index contributed by atoms with van der Waals surface area (Å²) in [7, 11) is 0. The summed E-state index contributed by atoms with van der Waals surface area (Å²) in [5, 5.41) is 3.40. The second-order valence-electron chi connectivity index (χ2n) is 4.59. The second kappa shape index (κ2) is 4.79. The quantitative estimate of drug-likeness (QED) is 0.780. The minimum Gasteiger partial charge on any atom is -0.444 e. The molecule has 0 aliphatic heterocycles. The van der Waals surface area contributed by atoms with Gasteiger partial charge in [0.2, 0.25) is 5.89 Å². The summed E-state index contributed by atoms with van der Waals surface area (Å²) in [4.78, 5) is 4.27. The number of hydrogen-bond donors (Lipinski definition) is 1. The van der Waals surface area contributed by atoms with Crippen molar-refractivity contribution in [3.05, 3.63) is 17.8 Å². The predicted octanol–water partition coefficient (Wildman–Crippen LogP) is 2.52. The van der Waals surface area contributed by atoms with Crippen LogP contribution in [0.1, 0.15) is 44.8 Å². The minimum atomic E-state index is 0.683. The summed E-state index contributed by atoms with van der Waals surface area (Å²) in [6.07, 6.45) is 6.68. The molecule has 1 N–H and O–H groups in total. The largest absolute Gasteiger partial charge is 0.444 e. The number of nitrogens with one attached hydrogen (secondary N) is 1. The minimum absolute atomic E-state index is 0.683. The molecule has 1 fully saturated rings. The van der Waals surface area contributed by atoms with E-state index in [1.807, 2.05) is 6.20 Å². The first-order chi connectivity index (χ1) is 7.28. The maximum Gasteiger partial charge on any atom is 0.208 e. The maximum absolute atomic E-state index is 5.66. The average molecular weight is 208 g/mol. The monoisotopic (exact) mass is 208 g/mol. The number of oxazole rings is 1. The number of aromatic nitrogens is 1. The van der Waals surface area contributed by atoms with Crippen LogP contribution >= 0.6 is 0 Å². The number of nitrogens with zero attached hydrogens (tertiary/aromatic N) is 1. The SMILES string of the molecule is CCC(C)Cc1cnc(CNC2CC2)o1. The van der Waals surface area contributed by atoms with Crippen LogP contribution in [0, 0.1) is 5.92 Å². The van der Waals surface area contributed by atoms with Crippen LogP contribution in [0.15, 0.2) is 10.6 Å². The van der Waals surface area contributed by atoms with E-state index in [1.165, 1.54) is 19.3 Å². The maximum atomic E-state index is 5.66. The Kier molecular flexibility index (Phi) is 3.41. The predicted molar refractivity (Wildman–Crippen MR) is 59.5 cm³/mol. The fourth-order valence-electron chi connectivity index (χ4n) is 1.53. The van der Waals surface area contributed by atoms with Crippen molar-refractivity contribution >= 4 is 0 Å². The van der Waals surface area contributed by atoms with Crippen LogP contribution in [0.4, 0.5) is 0 Å². The molecule has 1 unspecified atom stereocenters. The first kappa shape index (κ1) is 10.7. The Balaban J connectivity index is 1.79. The van der Waals surface area contributed by atoms with Gasteiger partial charge in [-0.25, -0.2) is 4.98 Å². The summed E-state index contributed by atoms with van der Waals surface area (Å²) in [5.74, 6) is 2.54.